The molecule has 0 saturated carbocycles. The molecule has 0 saturated heterocycles. The molecule has 0 fully saturated rings. The Morgan fingerprint density at radius 2 is 1.79 bits per heavy atom. The number of nitrogens with two attached hydrogens (primary N) is 1. The zero-order valence-corrected chi connectivity index (χ0v) is 11.0. The van der Waals surface area contributed by atoms with E-state index in [2.05, 4.69) is 16.0 Å². The molecule has 0 aliphatic carbocycles. The minimum Gasteiger partial charge on any atom is -0.352 e. The molecular weight excluding hydrogens is 244 g/mol. The summed E-state index contributed by atoms with van der Waals surface area (Å²) in [6, 6.07) is 6.45. The fourth-order valence-corrected chi connectivity index (χ4v) is 1.51. The number of carbonyl (C=O) groups is 2. The third-order valence-electron chi connectivity index (χ3n) is 2.52. The molecule has 0 spiro atoms. The van der Waals surface area contributed by atoms with Crippen molar-refractivity contribution in [2.75, 3.05) is 19.6 Å². The second-order valence-corrected chi connectivity index (χ2v) is 4.02. The van der Waals surface area contributed by atoms with Crippen molar-refractivity contribution >= 4 is 11.9 Å². The molecule has 3 amide bonds. The Morgan fingerprint density at radius 1 is 1.11 bits per heavy atom. The number of hydrogen-bond acceptors (Lipinski definition) is 3. The summed E-state index contributed by atoms with van der Waals surface area (Å²) in [5.41, 5.74) is 6.47. The lowest BCUT2D eigenvalue weighted by molar-refractivity contribution is 0.0954. The molecule has 1 aromatic carbocycles. The highest BCUT2D eigenvalue weighted by molar-refractivity contribution is 5.94. The zero-order valence-electron chi connectivity index (χ0n) is 11.0. The number of carbonyl (C=O) groups excluding carboxylic acids is 2. The zero-order chi connectivity index (χ0) is 14.1. The fraction of sp³-hybridized carbons (Fsp3) is 0.385. The molecule has 19 heavy (non-hydrogen) atoms. The van der Waals surface area contributed by atoms with E-state index in [9.17, 15) is 9.59 Å². The van der Waals surface area contributed by atoms with Crippen LogP contribution >= 0.6 is 0 Å². The van der Waals surface area contributed by atoms with E-state index in [-0.39, 0.29) is 5.91 Å². The maximum Gasteiger partial charge on any atom is 0.312 e. The molecule has 5 N–H and O–H groups in total. The van der Waals surface area contributed by atoms with Crippen LogP contribution < -0.4 is 21.7 Å². The number of benzene rings is 1. The molecule has 0 radical (unpaired) electrons. The molecule has 104 valence electrons. The van der Waals surface area contributed by atoms with Crippen molar-refractivity contribution in [1.82, 2.24) is 16.0 Å². The molecule has 0 aliphatic heterocycles. The van der Waals surface area contributed by atoms with E-state index in [1.807, 2.05) is 6.92 Å². The summed E-state index contributed by atoms with van der Waals surface area (Å²) in [4.78, 5) is 22.3. The van der Waals surface area contributed by atoms with Crippen LogP contribution in [0.4, 0.5) is 4.79 Å². The van der Waals surface area contributed by atoms with Crippen LogP contribution in [0.5, 0.6) is 0 Å². The molecule has 0 bridgehead atoms. The van der Waals surface area contributed by atoms with Gasteiger partial charge in [0.15, 0.2) is 0 Å². The van der Waals surface area contributed by atoms with Gasteiger partial charge in [-0.25, -0.2) is 4.79 Å². The van der Waals surface area contributed by atoms with E-state index in [0.29, 0.717) is 18.7 Å². The Bertz CT molecular complexity index is 417. The number of hydrogen-bond donors (Lipinski definition) is 4. The minimum absolute atomic E-state index is 0.104. The predicted molar refractivity (Wildman–Crippen MR) is 73.7 cm³/mol. The van der Waals surface area contributed by atoms with Gasteiger partial charge in [0.1, 0.15) is 0 Å². The summed E-state index contributed by atoms with van der Waals surface area (Å²) in [5.74, 6) is -0.104. The molecule has 0 aromatic heterocycles. The van der Waals surface area contributed by atoms with Crippen LogP contribution in [0.25, 0.3) is 0 Å². The number of likely N-dealkylation sites (N-methyl/N-ethyl adjacent to an activating group) is 1. The Hall–Kier alpha value is -2.08. The van der Waals surface area contributed by atoms with Gasteiger partial charge in [-0.1, -0.05) is 19.1 Å². The fourth-order valence-electron chi connectivity index (χ4n) is 1.51. The van der Waals surface area contributed by atoms with E-state index in [1.54, 1.807) is 24.3 Å². The molecular formula is C13H20N4O2. The van der Waals surface area contributed by atoms with Crippen molar-refractivity contribution in [3.63, 3.8) is 0 Å². The summed E-state index contributed by atoms with van der Waals surface area (Å²) < 4.78 is 0. The highest BCUT2D eigenvalue weighted by atomic mass is 16.2. The first-order valence-corrected chi connectivity index (χ1v) is 6.24. The van der Waals surface area contributed by atoms with Gasteiger partial charge >= 0.3 is 6.03 Å². The Labute approximate surface area is 112 Å². The van der Waals surface area contributed by atoms with Gasteiger partial charge < -0.3 is 21.7 Å². The average molecular weight is 264 g/mol. The molecule has 6 nitrogen and oxygen atoms in total. The smallest absolute Gasteiger partial charge is 0.312 e. The van der Waals surface area contributed by atoms with E-state index in [1.165, 1.54) is 0 Å². The monoisotopic (exact) mass is 264 g/mol. The molecule has 6 heteroatoms. The average Bonchev–Trinajstić information content (AvgIpc) is 2.41. The lowest BCUT2D eigenvalue weighted by atomic mass is 10.1. The SMILES string of the molecule is CCNCCNC(=O)c1ccc(CNC(N)=O)cc1. The first-order valence-electron chi connectivity index (χ1n) is 6.24. The van der Waals surface area contributed by atoms with Crippen LogP contribution in [0.3, 0.4) is 0 Å². The van der Waals surface area contributed by atoms with Crippen LogP contribution in [0.15, 0.2) is 24.3 Å². The quantitative estimate of drug-likeness (QED) is 0.529. The minimum atomic E-state index is -0.565. The topological polar surface area (TPSA) is 96.2 Å². The van der Waals surface area contributed by atoms with Crippen LogP contribution in [0, 0.1) is 0 Å². The van der Waals surface area contributed by atoms with Crippen molar-refractivity contribution in [2.24, 2.45) is 5.73 Å². The van der Waals surface area contributed by atoms with Crippen LogP contribution in [-0.2, 0) is 6.54 Å². The summed E-state index contributed by atoms with van der Waals surface area (Å²) in [6.07, 6.45) is 0. The number of nitrogens with one attached hydrogen (secondary N) is 3. The van der Waals surface area contributed by atoms with Gasteiger partial charge in [-0.3, -0.25) is 4.79 Å². The highest BCUT2D eigenvalue weighted by Crippen LogP contribution is 2.04. The number of urea groups is 1. The molecule has 0 heterocycles. The lowest BCUT2D eigenvalue weighted by Crippen LogP contribution is -2.31. The summed E-state index contributed by atoms with van der Waals surface area (Å²) in [5, 5.41) is 8.43. The first-order chi connectivity index (χ1) is 9.13. The molecule has 0 unspecified atom stereocenters. The van der Waals surface area contributed by atoms with Crippen LogP contribution in [0.1, 0.15) is 22.8 Å². The van der Waals surface area contributed by atoms with Crippen molar-refractivity contribution in [3.05, 3.63) is 35.4 Å². The number of rotatable bonds is 7. The Morgan fingerprint density at radius 3 is 2.37 bits per heavy atom. The predicted octanol–water partition coefficient (Wildman–Crippen LogP) is 0.194. The van der Waals surface area contributed by atoms with Gasteiger partial charge in [0, 0.05) is 25.2 Å². The maximum atomic E-state index is 11.8. The third kappa shape index (κ3) is 5.87. The molecule has 1 aromatic rings. The third-order valence-corrected chi connectivity index (χ3v) is 2.52. The standard InChI is InChI=1S/C13H20N4O2/c1-2-15-7-8-16-12(18)11-5-3-10(4-6-11)9-17-13(14)19/h3-6,15H,2,7-9H2,1H3,(H,16,18)(H3,14,17,19). The number of amides is 3. The van der Waals surface area contributed by atoms with E-state index in [4.69, 9.17) is 5.73 Å². The Balaban J connectivity index is 2.42. The lowest BCUT2D eigenvalue weighted by Gasteiger charge is -2.07. The van der Waals surface area contributed by atoms with Gasteiger partial charge in [-0.15, -0.1) is 0 Å². The molecule has 0 atom stereocenters. The van der Waals surface area contributed by atoms with E-state index >= 15 is 0 Å². The van der Waals surface area contributed by atoms with Gasteiger partial charge in [0.2, 0.25) is 0 Å². The van der Waals surface area contributed by atoms with Crippen LogP contribution in [0.2, 0.25) is 0 Å². The van der Waals surface area contributed by atoms with Crippen LogP contribution in [-0.4, -0.2) is 31.6 Å². The molecule has 0 aliphatic rings. The highest BCUT2D eigenvalue weighted by Gasteiger charge is 2.04. The largest absolute Gasteiger partial charge is 0.352 e. The molecule has 1 rings (SSSR count). The Kier molecular flexibility index (Phi) is 6.38. The second-order valence-electron chi connectivity index (χ2n) is 4.02. The van der Waals surface area contributed by atoms with E-state index < -0.39 is 6.03 Å². The second kappa shape index (κ2) is 8.10. The van der Waals surface area contributed by atoms with Gasteiger partial charge in [0.05, 0.1) is 0 Å². The van der Waals surface area contributed by atoms with Crippen molar-refractivity contribution in [2.45, 2.75) is 13.5 Å². The van der Waals surface area contributed by atoms with Crippen molar-refractivity contribution < 1.29 is 9.59 Å². The van der Waals surface area contributed by atoms with Crippen molar-refractivity contribution in [1.29, 1.82) is 0 Å². The maximum absolute atomic E-state index is 11.8. The van der Waals surface area contributed by atoms with Gasteiger partial charge in [0.25, 0.3) is 5.91 Å². The number of primary amides is 1. The summed E-state index contributed by atoms with van der Waals surface area (Å²) in [6.45, 7) is 4.61. The van der Waals surface area contributed by atoms with Gasteiger partial charge in [-0.05, 0) is 24.2 Å². The van der Waals surface area contributed by atoms with Crippen molar-refractivity contribution in [3.8, 4) is 0 Å². The first kappa shape index (κ1) is 15.0. The summed E-state index contributed by atoms with van der Waals surface area (Å²) >= 11 is 0. The normalized spacial score (nSPS) is 9.95. The summed E-state index contributed by atoms with van der Waals surface area (Å²) in [7, 11) is 0. The van der Waals surface area contributed by atoms with E-state index in [0.717, 1.165) is 18.7 Å². The van der Waals surface area contributed by atoms with Gasteiger partial charge in [-0.2, -0.15) is 0 Å².